The molecule has 1 aliphatic carbocycles. The van der Waals surface area contributed by atoms with Gasteiger partial charge >= 0.3 is 12.2 Å². The Morgan fingerprint density at radius 2 is 1.44 bits per heavy atom. The third kappa shape index (κ3) is 7.97. The molecule has 1 unspecified atom stereocenters. The lowest BCUT2D eigenvalue weighted by molar-refractivity contribution is -0.140. The van der Waals surface area contributed by atoms with Crippen molar-refractivity contribution in [2.45, 2.75) is 75.2 Å². The second-order valence-corrected chi connectivity index (χ2v) is 18.6. The first-order valence-electron chi connectivity index (χ1n) is 23.7. The van der Waals surface area contributed by atoms with Gasteiger partial charge in [0, 0.05) is 36.8 Å². The molecule has 348 valence electrons. The number of nitrogens with one attached hydrogen (secondary N) is 4. The van der Waals surface area contributed by atoms with E-state index in [1.165, 1.54) is 14.2 Å². The van der Waals surface area contributed by atoms with Crippen LogP contribution in [0.3, 0.4) is 0 Å². The minimum absolute atomic E-state index is 0.0292. The fourth-order valence-electron chi connectivity index (χ4n) is 11.4. The van der Waals surface area contributed by atoms with Crippen molar-refractivity contribution in [3.63, 3.8) is 0 Å². The van der Waals surface area contributed by atoms with Gasteiger partial charge in [-0.15, -0.1) is 0 Å². The number of hydrogen-bond acceptors (Lipinski definition) is 9. The molecule has 2 bridgehead atoms. The molecule has 15 heteroatoms. The monoisotopic (exact) mass is 914 g/mol. The number of alkyl carbamates (subject to hydrolysis) is 2. The fourth-order valence-corrected chi connectivity index (χ4v) is 11.4. The number of carbonyl (C=O) groups is 4. The third-order valence-corrected chi connectivity index (χ3v) is 14.8. The Labute approximate surface area is 392 Å². The average Bonchev–Trinajstić information content (AvgIpc) is 4.26. The number of H-pyrrole nitrogens is 2. The Kier molecular flexibility index (Phi) is 11.5. The highest BCUT2D eigenvalue weighted by Crippen LogP contribution is 2.50. The number of piperidine rings is 1. The number of aromatic amines is 2. The van der Waals surface area contributed by atoms with Crippen molar-refractivity contribution >= 4 is 56.6 Å². The van der Waals surface area contributed by atoms with Crippen LogP contribution in [0.15, 0.2) is 103 Å². The lowest BCUT2D eigenvalue weighted by Gasteiger charge is -2.39. The summed E-state index contributed by atoms with van der Waals surface area (Å²) in [6, 6.07) is 30.8. The number of aromatic nitrogens is 4. The number of rotatable bonds is 10. The first kappa shape index (κ1) is 43.3. The molecular weight excluding hydrogens is 861 g/mol. The number of likely N-dealkylation sites (tertiary alicyclic amines) is 2. The largest absolute Gasteiger partial charge is 0.453 e. The smallest absolute Gasteiger partial charge is 0.407 e. The molecule has 4 amide bonds. The first-order valence-corrected chi connectivity index (χ1v) is 23.7. The van der Waals surface area contributed by atoms with Gasteiger partial charge in [0.2, 0.25) is 5.91 Å². The maximum absolute atomic E-state index is 14.4. The maximum Gasteiger partial charge on any atom is 0.407 e. The summed E-state index contributed by atoms with van der Waals surface area (Å²) in [5, 5.41) is 9.89. The van der Waals surface area contributed by atoms with E-state index >= 15 is 0 Å². The van der Waals surface area contributed by atoms with Gasteiger partial charge in [-0.2, -0.15) is 0 Å². The number of ether oxygens (including phenoxy) is 3. The predicted molar refractivity (Wildman–Crippen MR) is 256 cm³/mol. The lowest BCUT2D eigenvalue weighted by Crippen LogP contribution is -2.55. The maximum atomic E-state index is 14.4. The van der Waals surface area contributed by atoms with Crippen molar-refractivity contribution in [3.05, 3.63) is 120 Å². The molecule has 6 atom stereocenters. The van der Waals surface area contributed by atoms with E-state index < -0.39 is 24.3 Å². The van der Waals surface area contributed by atoms with E-state index in [0.717, 1.165) is 98.7 Å². The van der Waals surface area contributed by atoms with E-state index in [0.29, 0.717) is 44.1 Å². The lowest BCUT2D eigenvalue weighted by atomic mass is 9.89. The number of fused-ring (bicyclic) bond motifs is 6. The Morgan fingerprint density at radius 3 is 2.22 bits per heavy atom. The van der Waals surface area contributed by atoms with Gasteiger partial charge < -0.3 is 44.6 Å². The number of imidazole rings is 2. The van der Waals surface area contributed by atoms with Crippen LogP contribution in [0.1, 0.15) is 80.3 Å². The van der Waals surface area contributed by atoms with E-state index in [1.807, 2.05) is 52.4 Å². The minimum Gasteiger partial charge on any atom is -0.453 e. The minimum atomic E-state index is -0.889. The van der Waals surface area contributed by atoms with Crippen LogP contribution in [0.4, 0.5) is 9.59 Å². The summed E-state index contributed by atoms with van der Waals surface area (Å²) in [6.45, 7) is 1.68. The van der Waals surface area contributed by atoms with Crippen molar-refractivity contribution in [3.8, 4) is 22.4 Å². The molecule has 7 aromatic rings. The Hall–Kier alpha value is -7.26. The molecule has 5 aromatic carbocycles. The molecule has 5 heterocycles. The quantitative estimate of drug-likeness (QED) is 0.104. The summed E-state index contributed by atoms with van der Waals surface area (Å²) in [4.78, 5) is 74.3. The Morgan fingerprint density at radius 1 is 0.735 bits per heavy atom. The van der Waals surface area contributed by atoms with E-state index in [-0.39, 0.29) is 35.9 Å². The molecule has 4 aliphatic rings. The number of hydrogen-bond donors (Lipinski definition) is 4. The topological polar surface area (TPSA) is 184 Å². The highest BCUT2D eigenvalue weighted by atomic mass is 16.5. The van der Waals surface area contributed by atoms with Crippen LogP contribution in [0.25, 0.3) is 55.0 Å². The standard InChI is InChI=1S/C53H54N8O7/c1-66-52(64)58-44(30-7-4-3-5-8-30)50(62)60-22-6-9-43(60)48-55-41-19-16-36-26-35(15-18-40(36)46(41)57-48)32-10-11-34-27-37(13-12-33(34)25-32)42-29-54-49(56-42)47-38-14-17-39(28-38)61(47)51(63)45(59-53(65)67-2)31-20-23-68-24-21-31/h3-5,7-8,10-13,15-16,18-19,25-27,29,31,38-39,43-45,47H,6,9,14,17,20-24,28H2,1-2H3,(H,54,56)(H,55,57)(H,58,64)(H,59,65)/t38-,39+,43-,44?,45-,47-/m0/s1. The number of carbonyl (C=O) groups excluding carboxylic acids is 4. The van der Waals surface area contributed by atoms with Crippen LogP contribution >= 0.6 is 0 Å². The van der Waals surface area contributed by atoms with Crippen molar-refractivity contribution in [1.82, 2.24) is 40.4 Å². The molecule has 11 rings (SSSR count). The van der Waals surface area contributed by atoms with Gasteiger partial charge in [-0.1, -0.05) is 72.8 Å². The van der Waals surface area contributed by atoms with Crippen molar-refractivity contribution in [2.75, 3.05) is 34.0 Å². The average molecular weight is 915 g/mol. The highest BCUT2D eigenvalue weighted by molar-refractivity contribution is 6.06. The van der Waals surface area contributed by atoms with Crippen LogP contribution in [-0.4, -0.2) is 99.8 Å². The molecule has 4 N–H and O–H groups in total. The summed E-state index contributed by atoms with van der Waals surface area (Å²) < 4.78 is 15.4. The fraction of sp³-hybridized carbons (Fsp3) is 0.358. The molecule has 2 aromatic heterocycles. The van der Waals surface area contributed by atoms with Gasteiger partial charge in [0.15, 0.2) is 0 Å². The summed E-state index contributed by atoms with van der Waals surface area (Å²) in [5.74, 6) is 1.48. The van der Waals surface area contributed by atoms with E-state index in [4.69, 9.17) is 24.2 Å². The van der Waals surface area contributed by atoms with Gasteiger partial charge in [-0.3, -0.25) is 9.59 Å². The molecule has 4 fully saturated rings. The zero-order valence-corrected chi connectivity index (χ0v) is 38.1. The second kappa shape index (κ2) is 18.1. The SMILES string of the molecule is COC(=O)NC(C(=O)N1CCC[C@H]1c1nc2c(ccc3cc(-c4ccc5cc(-c6cnc([C@@H]7[C@H]8CC[C@H](C8)N7C(=O)[C@@H](NC(=O)OC)C7CCOCC7)[nH]6)ccc5c4)ccc32)[nH]1)c1ccccc1. The molecule has 3 saturated heterocycles. The molecule has 3 aliphatic heterocycles. The van der Waals surface area contributed by atoms with Crippen LogP contribution in [0.2, 0.25) is 0 Å². The predicted octanol–water partition coefficient (Wildman–Crippen LogP) is 8.89. The number of nitrogens with zero attached hydrogens (tertiary/aromatic N) is 4. The van der Waals surface area contributed by atoms with Crippen molar-refractivity contribution < 1.29 is 33.4 Å². The van der Waals surface area contributed by atoms with Crippen LogP contribution in [0.5, 0.6) is 0 Å². The van der Waals surface area contributed by atoms with Gasteiger partial charge in [0.25, 0.3) is 5.91 Å². The molecule has 1 saturated carbocycles. The second-order valence-electron chi connectivity index (χ2n) is 18.6. The van der Waals surface area contributed by atoms with Crippen molar-refractivity contribution in [1.29, 1.82) is 0 Å². The number of amides is 4. The molecular formula is C53H54N8O7. The Bertz CT molecular complexity index is 3050. The van der Waals surface area contributed by atoms with Gasteiger partial charge in [-0.25, -0.2) is 19.6 Å². The number of methoxy groups -OCH3 is 2. The molecule has 68 heavy (non-hydrogen) atoms. The summed E-state index contributed by atoms with van der Waals surface area (Å²) >= 11 is 0. The summed E-state index contributed by atoms with van der Waals surface area (Å²) in [7, 11) is 2.62. The Balaban J connectivity index is 0.818. The van der Waals surface area contributed by atoms with Crippen LogP contribution < -0.4 is 10.6 Å². The van der Waals surface area contributed by atoms with E-state index in [2.05, 4.69) is 81.3 Å². The zero-order valence-electron chi connectivity index (χ0n) is 38.1. The molecule has 0 radical (unpaired) electrons. The first-order chi connectivity index (χ1) is 33.2. The van der Waals surface area contributed by atoms with E-state index in [9.17, 15) is 19.2 Å². The third-order valence-electron chi connectivity index (χ3n) is 14.8. The van der Waals surface area contributed by atoms with Crippen LogP contribution in [0, 0.1) is 11.8 Å². The van der Waals surface area contributed by atoms with Crippen LogP contribution in [-0.2, 0) is 23.8 Å². The molecule has 0 spiro atoms. The normalized spacial score (nSPS) is 21.3. The number of benzene rings is 5. The summed E-state index contributed by atoms with van der Waals surface area (Å²) in [5.41, 5.74) is 6.49. The zero-order chi connectivity index (χ0) is 46.5. The van der Waals surface area contributed by atoms with Crippen molar-refractivity contribution in [2.24, 2.45) is 11.8 Å². The van der Waals surface area contributed by atoms with Gasteiger partial charge in [0.05, 0.1) is 49.2 Å². The summed E-state index contributed by atoms with van der Waals surface area (Å²) in [6.07, 6.45) is 6.46. The van der Waals surface area contributed by atoms with Gasteiger partial charge in [-0.05, 0) is 114 Å². The van der Waals surface area contributed by atoms with Gasteiger partial charge in [0.1, 0.15) is 23.7 Å². The highest BCUT2D eigenvalue weighted by Gasteiger charge is 2.52. The molecule has 15 nitrogen and oxygen atoms in total. The van der Waals surface area contributed by atoms with E-state index in [1.54, 1.807) is 0 Å².